The lowest BCUT2D eigenvalue weighted by Gasteiger charge is -1.99. The molecule has 5 heteroatoms. The summed E-state index contributed by atoms with van der Waals surface area (Å²) in [6.45, 7) is 0. The summed E-state index contributed by atoms with van der Waals surface area (Å²) in [5, 5.41) is 0. The number of halogens is 3. The summed E-state index contributed by atoms with van der Waals surface area (Å²) in [4.78, 5) is 13.2. The highest BCUT2D eigenvalue weighted by Crippen LogP contribution is 2.29. The van der Waals surface area contributed by atoms with Crippen molar-refractivity contribution in [1.29, 1.82) is 0 Å². The molecule has 0 aliphatic heterocycles. The molecule has 0 unspecified atom stereocenters. The van der Waals surface area contributed by atoms with Crippen molar-refractivity contribution < 1.29 is 9.18 Å². The molecule has 1 aromatic carbocycles. The van der Waals surface area contributed by atoms with Crippen LogP contribution in [0.5, 0.6) is 0 Å². The Morgan fingerprint density at radius 2 is 2.25 bits per heavy atom. The first-order chi connectivity index (χ1) is 5.66. The topological polar surface area (TPSA) is 29.4 Å². The number of hydrogen-bond acceptors (Lipinski definition) is 2. The summed E-state index contributed by atoms with van der Waals surface area (Å²) < 4.78 is 14.0. The van der Waals surface area contributed by atoms with Crippen molar-refractivity contribution in [1.82, 2.24) is 0 Å². The zero-order valence-electron chi connectivity index (χ0n) is 5.64. The summed E-state index contributed by atoms with van der Waals surface area (Å²) in [6, 6.07) is 3.21. The van der Waals surface area contributed by atoms with Gasteiger partial charge < -0.3 is 0 Å². The van der Waals surface area contributed by atoms with Crippen LogP contribution in [0.4, 0.5) is 10.1 Å². The van der Waals surface area contributed by atoms with Crippen LogP contribution in [0.3, 0.4) is 0 Å². The van der Waals surface area contributed by atoms with E-state index in [2.05, 4.69) is 20.9 Å². The molecule has 0 fully saturated rings. The van der Waals surface area contributed by atoms with E-state index < -0.39 is 5.82 Å². The number of rotatable bonds is 1. The van der Waals surface area contributed by atoms with Crippen LogP contribution >= 0.6 is 38.5 Å². The van der Waals surface area contributed by atoms with Crippen molar-refractivity contribution >= 4 is 50.3 Å². The largest absolute Gasteiger partial charge is 0.240 e. The van der Waals surface area contributed by atoms with Gasteiger partial charge in [0.1, 0.15) is 5.69 Å². The first kappa shape index (κ1) is 9.83. The maximum absolute atomic E-state index is 13.1. The summed E-state index contributed by atoms with van der Waals surface area (Å²) in [5.74, 6) is -0.537. The molecule has 62 valence electrons. The third kappa shape index (κ3) is 1.91. The molecule has 1 rings (SSSR count). The maximum atomic E-state index is 13.1. The Morgan fingerprint density at radius 3 is 2.83 bits per heavy atom. The first-order valence-electron chi connectivity index (χ1n) is 2.88. The van der Waals surface area contributed by atoms with E-state index in [0.717, 1.165) is 0 Å². The van der Waals surface area contributed by atoms with Crippen LogP contribution in [0.25, 0.3) is 0 Å². The van der Waals surface area contributed by atoms with Crippen LogP contribution in [0.2, 0.25) is 0 Å². The molecule has 0 radical (unpaired) electrons. The average Bonchev–Trinajstić information content (AvgIpc) is 2.06. The second-order valence-corrected chi connectivity index (χ2v) is 3.91. The second kappa shape index (κ2) is 4.11. The van der Waals surface area contributed by atoms with Crippen molar-refractivity contribution in [2.45, 2.75) is 0 Å². The van der Waals surface area contributed by atoms with Gasteiger partial charge in [-0.1, -0.05) is 0 Å². The van der Waals surface area contributed by atoms with Gasteiger partial charge in [0.15, 0.2) is 5.82 Å². The monoisotopic (exact) mass is 341 g/mol. The fraction of sp³-hybridized carbons (Fsp3) is 0. The molecule has 0 saturated carbocycles. The van der Waals surface area contributed by atoms with E-state index in [1.807, 2.05) is 22.6 Å². The normalized spacial score (nSPS) is 9.25. The zero-order chi connectivity index (χ0) is 9.14. The van der Waals surface area contributed by atoms with Crippen LogP contribution in [-0.4, -0.2) is 6.08 Å². The Bertz CT molecular complexity index is 363. The minimum absolute atomic E-state index is 0.0278. The standard InChI is InChI=1S/C7H2BrFINO/c8-4-1-2-5(10)7(6(4)9)11-3-12/h1-2H. The SMILES string of the molecule is O=C=Nc1c(I)ccc(Br)c1F. The average molecular weight is 342 g/mol. The molecule has 0 amide bonds. The fourth-order valence-electron chi connectivity index (χ4n) is 0.665. The van der Waals surface area contributed by atoms with Crippen molar-refractivity contribution in [3.63, 3.8) is 0 Å². The smallest absolute Gasteiger partial charge is 0.211 e. The fourth-order valence-corrected chi connectivity index (χ4v) is 1.52. The number of nitrogens with zero attached hydrogens (tertiary/aromatic N) is 1. The van der Waals surface area contributed by atoms with Crippen molar-refractivity contribution in [2.24, 2.45) is 4.99 Å². The minimum atomic E-state index is -0.537. The lowest BCUT2D eigenvalue weighted by atomic mass is 10.3. The Hall–Kier alpha value is -0.260. The number of carbonyl (C=O) groups excluding carboxylic acids is 1. The molecule has 0 heterocycles. The van der Waals surface area contributed by atoms with E-state index in [4.69, 9.17) is 0 Å². The molecule has 0 bridgehead atoms. The Kier molecular flexibility index (Phi) is 3.37. The van der Waals surface area contributed by atoms with Crippen molar-refractivity contribution in [3.8, 4) is 0 Å². The van der Waals surface area contributed by atoms with Gasteiger partial charge in [0.2, 0.25) is 6.08 Å². The third-order valence-corrected chi connectivity index (χ3v) is 2.66. The molecule has 0 aromatic heterocycles. The lowest BCUT2D eigenvalue weighted by Crippen LogP contribution is -1.82. The number of hydrogen-bond donors (Lipinski definition) is 0. The van der Waals surface area contributed by atoms with Crippen molar-refractivity contribution in [3.05, 3.63) is 26.0 Å². The molecular weight excluding hydrogens is 340 g/mol. The first-order valence-corrected chi connectivity index (χ1v) is 4.75. The zero-order valence-corrected chi connectivity index (χ0v) is 9.39. The molecule has 0 saturated heterocycles. The predicted molar refractivity (Wildman–Crippen MR) is 54.6 cm³/mol. The van der Waals surface area contributed by atoms with Gasteiger partial charge in [0, 0.05) is 3.57 Å². The summed E-state index contributed by atoms with van der Waals surface area (Å²) in [5.41, 5.74) is 0.0278. The van der Waals surface area contributed by atoms with Crippen LogP contribution < -0.4 is 0 Å². The van der Waals surface area contributed by atoms with Gasteiger partial charge in [0.05, 0.1) is 4.47 Å². The highest BCUT2D eigenvalue weighted by molar-refractivity contribution is 14.1. The molecule has 0 aliphatic rings. The summed E-state index contributed by atoms with van der Waals surface area (Å²) in [6.07, 6.45) is 1.30. The second-order valence-electron chi connectivity index (χ2n) is 1.89. The molecule has 2 nitrogen and oxygen atoms in total. The van der Waals surface area contributed by atoms with Gasteiger partial charge in [0.25, 0.3) is 0 Å². The van der Waals surface area contributed by atoms with Crippen LogP contribution in [0.1, 0.15) is 0 Å². The molecule has 0 aliphatic carbocycles. The van der Waals surface area contributed by atoms with E-state index in [9.17, 15) is 9.18 Å². The third-order valence-electron chi connectivity index (χ3n) is 1.18. The van der Waals surface area contributed by atoms with E-state index in [-0.39, 0.29) is 10.2 Å². The van der Waals surface area contributed by atoms with Crippen molar-refractivity contribution in [2.75, 3.05) is 0 Å². The molecular formula is C7H2BrFINO. The van der Waals surface area contributed by atoms with Gasteiger partial charge in [-0.3, -0.25) is 0 Å². The Morgan fingerprint density at radius 1 is 1.58 bits per heavy atom. The summed E-state index contributed by atoms with van der Waals surface area (Å²) >= 11 is 4.87. The van der Waals surface area contributed by atoms with E-state index in [1.54, 1.807) is 12.1 Å². The van der Waals surface area contributed by atoms with Gasteiger partial charge in [-0.05, 0) is 50.7 Å². The summed E-state index contributed by atoms with van der Waals surface area (Å²) in [7, 11) is 0. The van der Waals surface area contributed by atoms with Crippen LogP contribution in [-0.2, 0) is 4.79 Å². The molecule has 0 spiro atoms. The lowest BCUT2D eigenvalue weighted by molar-refractivity contribution is 0.564. The molecule has 0 atom stereocenters. The minimum Gasteiger partial charge on any atom is -0.211 e. The maximum Gasteiger partial charge on any atom is 0.240 e. The van der Waals surface area contributed by atoms with E-state index >= 15 is 0 Å². The van der Waals surface area contributed by atoms with E-state index in [1.165, 1.54) is 6.08 Å². The highest BCUT2D eigenvalue weighted by Gasteiger charge is 2.08. The van der Waals surface area contributed by atoms with Gasteiger partial charge in [-0.2, -0.15) is 4.99 Å². The Balaban J connectivity index is 3.42. The number of isocyanates is 1. The van der Waals surface area contributed by atoms with E-state index in [0.29, 0.717) is 3.57 Å². The molecule has 12 heavy (non-hydrogen) atoms. The highest BCUT2D eigenvalue weighted by atomic mass is 127. The molecule has 1 aromatic rings. The van der Waals surface area contributed by atoms with Gasteiger partial charge in [-0.25, -0.2) is 9.18 Å². The Labute approximate surface area is 90.1 Å². The van der Waals surface area contributed by atoms with Gasteiger partial charge >= 0.3 is 0 Å². The van der Waals surface area contributed by atoms with Gasteiger partial charge in [-0.15, -0.1) is 0 Å². The molecule has 0 N–H and O–H groups in total. The number of aliphatic imine (C=N–C) groups is 1. The number of benzene rings is 1. The quantitative estimate of drug-likeness (QED) is 0.334. The van der Waals surface area contributed by atoms with Crippen LogP contribution in [0.15, 0.2) is 21.6 Å². The predicted octanol–water partition coefficient (Wildman–Crippen LogP) is 3.16. The van der Waals surface area contributed by atoms with Crippen LogP contribution in [0, 0.1) is 9.39 Å².